The fraction of sp³-hybridized carbons (Fsp3) is 0.391. The summed E-state index contributed by atoms with van der Waals surface area (Å²) in [4.78, 5) is 11.6. The molecule has 0 bridgehead atoms. The summed E-state index contributed by atoms with van der Waals surface area (Å²) in [7, 11) is 0. The van der Waals surface area contributed by atoms with Gasteiger partial charge in [0.1, 0.15) is 0 Å². The van der Waals surface area contributed by atoms with Crippen molar-refractivity contribution in [1.82, 2.24) is 20.2 Å². The number of aryl methyl sites for hydroxylation is 1. The van der Waals surface area contributed by atoms with E-state index in [-0.39, 0.29) is 24.8 Å². The summed E-state index contributed by atoms with van der Waals surface area (Å²) in [5.74, 6) is 2.10. The van der Waals surface area contributed by atoms with E-state index in [0.717, 1.165) is 45.1 Å². The van der Waals surface area contributed by atoms with Crippen molar-refractivity contribution in [3.63, 3.8) is 0 Å². The third-order valence-corrected chi connectivity index (χ3v) is 6.36. The molecule has 0 radical (unpaired) electrons. The lowest BCUT2D eigenvalue weighted by Gasteiger charge is -2.28. The predicted molar refractivity (Wildman–Crippen MR) is 123 cm³/mol. The van der Waals surface area contributed by atoms with Crippen LogP contribution >= 0.6 is 24.8 Å². The van der Waals surface area contributed by atoms with Gasteiger partial charge in [0.05, 0.1) is 6.26 Å². The van der Waals surface area contributed by atoms with Gasteiger partial charge >= 0.3 is 0 Å². The van der Waals surface area contributed by atoms with Gasteiger partial charge < -0.3 is 9.73 Å². The molecule has 5 rings (SSSR count). The Balaban J connectivity index is 0.00000128. The molecule has 2 atom stereocenters. The Labute approximate surface area is 190 Å². The Morgan fingerprint density at radius 2 is 1.83 bits per heavy atom. The zero-order valence-corrected chi connectivity index (χ0v) is 18.5. The third kappa shape index (κ3) is 4.70. The van der Waals surface area contributed by atoms with Crippen LogP contribution in [0.25, 0.3) is 11.6 Å². The van der Waals surface area contributed by atoms with E-state index in [4.69, 9.17) is 4.42 Å². The Hall–Kier alpha value is -1.92. The second kappa shape index (κ2) is 9.92. The smallest absolute Gasteiger partial charge is 0.195 e. The molecule has 0 spiro atoms. The largest absolute Gasteiger partial charge is 0.461 e. The average molecular weight is 447 g/mol. The molecule has 0 saturated carbocycles. The first-order chi connectivity index (χ1) is 13.8. The van der Waals surface area contributed by atoms with Crippen molar-refractivity contribution < 1.29 is 4.42 Å². The number of nitrogens with zero attached hydrogens (tertiary/aromatic N) is 3. The van der Waals surface area contributed by atoms with Crippen molar-refractivity contribution in [2.45, 2.75) is 19.4 Å². The third-order valence-electron chi connectivity index (χ3n) is 6.36. The van der Waals surface area contributed by atoms with Gasteiger partial charge in [0.2, 0.25) is 0 Å². The van der Waals surface area contributed by atoms with E-state index in [9.17, 15) is 0 Å². The topological polar surface area (TPSA) is 54.2 Å². The van der Waals surface area contributed by atoms with Crippen LogP contribution in [0.15, 0.2) is 65.5 Å². The van der Waals surface area contributed by atoms with Crippen molar-refractivity contribution in [2.75, 3.05) is 26.2 Å². The Morgan fingerprint density at radius 3 is 2.57 bits per heavy atom. The van der Waals surface area contributed by atoms with Crippen LogP contribution in [0, 0.1) is 11.3 Å². The molecule has 5 nitrogen and oxygen atoms in total. The minimum absolute atomic E-state index is 0. The Kier molecular flexibility index (Phi) is 7.53. The van der Waals surface area contributed by atoms with E-state index < -0.39 is 0 Å². The van der Waals surface area contributed by atoms with E-state index in [2.05, 4.69) is 50.5 Å². The number of furan rings is 1. The number of likely N-dealkylation sites (tertiary alicyclic amines) is 1. The van der Waals surface area contributed by atoms with E-state index in [0.29, 0.717) is 17.0 Å². The summed E-state index contributed by atoms with van der Waals surface area (Å²) in [5, 5.41) is 3.65. The van der Waals surface area contributed by atoms with Crippen LogP contribution in [0.3, 0.4) is 0 Å². The highest BCUT2D eigenvalue weighted by molar-refractivity contribution is 5.85. The van der Waals surface area contributed by atoms with Crippen molar-refractivity contribution >= 4 is 24.8 Å². The normalized spacial score (nSPS) is 22.9. The lowest BCUT2D eigenvalue weighted by Crippen LogP contribution is -2.33. The van der Waals surface area contributed by atoms with Crippen molar-refractivity contribution in [2.24, 2.45) is 11.3 Å². The first kappa shape index (κ1) is 22.8. The molecule has 2 aromatic heterocycles. The second-order valence-corrected chi connectivity index (χ2v) is 8.24. The van der Waals surface area contributed by atoms with Crippen LogP contribution in [0.2, 0.25) is 0 Å². The quantitative estimate of drug-likeness (QED) is 0.613. The summed E-state index contributed by atoms with van der Waals surface area (Å²) in [6.45, 7) is 5.50. The van der Waals surface area contributed by atoms with Crippen molar-refractivity contribution in [1.29, 1.82) is 0 Å². The van der Waals surface area contributed by atoms with Crippen LogP contribution in [0.4, 0.5) is 0 Å². The summed E-state index contributed by atoms with van der Waals surface area (Å²) in [6, 6.07) is 14.6. The molecule has 2 aliphatic rings. The van der Waals surface area contributed by atoms with E-state index in [1.165, 1.54) is 17.5 Å². The average Bonchev–Trinajstić information content (AvgIpc) is 3.44. The molecule has 1 N–H and O–H groups in total. The van der Waals surface area contributed by atoms with Crippen molar-refractivity contribution in [3.8, 4) is 11.6 Å². The maximum Gasteiger partial charge on any atom is 0.195 e. The van der Waals surface area contributed by atoms with E-state index in [1.54, 1.807) is 6.26 Å². The molecule has 0 aliphatic carbocycles. The summed E-state index contributed by atoms with van der Waals surface area (Å²) >= 11 is 0. The van der Waals surface area contributed by atoms with Crippen LogP contribution in [-0.4, -0.2) is 41.0 Å². The number of rotatable bonds is 6. The predicted octanol–water partition coefficient (Wildman–Crippen LogP) is 4.23. The van der Waals surface area contributed by atoms with Crippen molar-refractivity contribution in [3.05, 3.63) is 72.2 Å². The molecule has 2 unspecified atom stereocenters. The number of hydrogen-bond donors (Lipinski definition) is 1. The molecule has 7 heteroatoms. The van der Waals surface area contributed by atoms with Gasteiger partial charge in [-0.15, -0.1) is 24.8 Å². The SMILES string of the molecule is Cl.Cl.c1ccc(CCC23CNCC2CN(Cc2cnc(-c4ccco4)nc2)C3)cc1. The highest BCUT2D eigenvalue weighted by atomic mass is 35.5. The van der Waals surface area contributed by atoms with Gasteiger partial charge in [-0.3, -0.25) is 4.90 Å². The Morgan fingerprint density at radius 1 is 1.03 bits per heavy atom. The Bertz CT molecular complexity index is 905. The van der Waals surface area contributed by atoms with E-state index >= 15 is 0 Å². The van der Waals surface area contributed by atoms with E-state index in [1.807, 2.05) is 24.5 Å². The van der Waals surface area contributed by atoms with Gasteiger partial charge in [-0.25, -0.2) is 9.97 Å². The monoisotopic (exact) mass is 446 g/mol. The summed E-state index contributed by atoms with van der Waals surface area (Å²) < 4.78 is 5.38. The fourth-order valence-electron chi connectivity index (χ4n) is 4.88. The summed E-state index contributed by atoms with van der Waals surface area (Å²) in [5.41, 5.74) is 3.01. The maximum absolute atomic E-state index is 5.38. The zero-order valence-electron chi connectivity index (χ0n) is 16.9. The molecular weight excluding hydrogens is 419 g/mol. The molecule has 2 aliphatic heterocycles. The number of nitrogens with one attached hydrogen (secondary N) is 1. The highest BCUT2D eigenvalue weighted by Gasteiger charge is 2.48. The zero-order chi connectivity index (χ0) is 18.8. The van der Waals surface area contributed by atoms with Crippen LogP contribution in [0.1, 0.15) is 17.5 Å². The number of fused-ring (bicyclic) bond motifs is 1. The van der Waals surface area contributed by atoms with Gasteiger partial charge in [0.15, 0.2) is 11.6 Å². The number of halogens is 2. The number of hydrogen-bond acceptors (Lipinski definition) is 5. The molecule has 30 heavy (non-hydrogen) atoms. The first-order valence-electron chi connectivity index (χ1n) is 10.1. The molecular formula is C23H28Cl2N4O. The molecule has 2 fully saturated rings. The maximum atomic E-state index is 5.38. The van der Waals surface area contributed by atoms with Gasteiger partial charge in [-0.1, -0.05) is 30.3 Å². The van der Waals surface area contributed by atoms with Gasteiger partial charge in [0.25, 0.3) is 0 Å². The van der Waals surface area contributed by atoms with Gasteiger partial charge in [0, 0.05) is 49.6 Å². The highest BCUT2D eigenvalue weighted by Crippen LogP contribution is 2.43. The van der Waals surface area contributed by atoms with Gasteiger partial charge in [-0.2, -0.15) is 0 Å². The second-order valence-electron chi connectivity index (χ2n) is 8.24. The molecule has 4 heterocycles. The standard InChI is InChI=1S/C23H26N4O.2ClH/c1-2-5-18(6-3-1)8-9-23-16-24-13-20(23)15-27(17-23)14-19-11-25-22(26-12-19)21-7-4-10-28-21;;/h1-7,10-12,20,24H,8-9,13-17H2;2*1H. The van der Waals surface area contributed by atoms with Crippen LogP contribution in [-0.2, 0) is 13.0 Å². The lowest BCUT2D eigenvalue weighted by atomic mass is 9.76. The molecule has 2 saturated heterocycles. The van der Waals surface area contributed by atoms with Crippen LogP contribution in [0.5, 0.6) is 0 Å². The lowest BCUT2D eigenvalue weighted by molar-refractivity contribution is 0.237. The number of benzene rings is 1. The summed E-state index contributed by atoms with van der Waals surface area (Å²) in [6.07, 6.45) is 7.94. The van der Waals surface area contributed by atoms with Crippen LogP contribution < -0.4 is 5.32 Å². The first-order valence-corrected chi connectivity index (χ1v) is 10.1. The minimum Gasteiger partial charge on any atom is -0.461 e. The molecule has 3 aromatic rings. The number of aromatic nitrogens is 2. The molecule has 0 amide bonds. The molecule has 1 aromatic carbocycles. The fourth-order valence-corrected chi connectivity index (χ4v) is 4.88. The molecule has 160 valence electrons. The minimum atomic E-state index is 0. The van der Waals surface area contributed by atoms with Gasteiger partial charge in [-0.05, 0) is 43.0 Å².